The molecule has 1 heterocycles. The summed E-state index contributed by atoms with van der Waals surface area (Å²) in [6, 6.07) is 10.2. The van der Waals surface area contributed by atoms with E-state index >= 15 is 0 Å². The zero-order valence-electron chi connectivity index (χ0n) is 16.1. The maximum Gasteiger partial charge on any atom is 0.222 e. The molecule has 0 saturated heterocycles. The van der Waals surface area contributed by atoms with E-state index in [-0.39, 0.29) is 19.2 Å². The fraction of sp³-hybridized carbons (Fsp3) is 0.500. The summed E-state index contributed by atoms with van der Waals surface area (Å²) in [6.07, 6.45) is 2.90. The van der Waals surface area contributed by atoms with Crippen molar-refractivity contribution in [2.45, 2.75) is 32.7 Å². The summed E-state index contributed by atoms with van der Waals surface area (Å²) in [5.74, 6) is 1.05. The van der Waals surface area contributed by atoms with Crippen molar-refractivity contribution in [2.24, 2.45) is 0 Å². The molecule has 0 radical (unpaired) electrons. The summed E-state index contributed by atoms with van der Waals surface area (Å²) < 4.78 is 0. The van der Waals surface area contributed by atoms with Crippen LogP contribution in [0.15, 0.2) is 30.3 Å². The predicted molar refractivity (Wildman–Crippen MR) is 109 cm³/mol. The van der Waals surface area contributed by atoms with Crippen LogP contribution in [0.5, 0.6) is 0 Å². The van der Waals surface area contributed by atoms with Crippen LogP contribution in [-0.4, -0.2) is 57.9 Å². The highest BCUT2D eigenvalue weighted by atomic mass is 16.3. The highest BCUT2D eigenvalue weighted by Crippen LogP contribution is 2.14. The molecule has 5 N–H and O–H groups in total. The minimum absolute atomic E-state index is 0.0852. The van der Waals surface area contributed by atoms with Gasteiger partial charge in [-0.15, -0.1) is 0 Å². The lowest BCUT2D eigenvalue weighted by Gasteiger charge is -2.20. The van der Waals surface area contributed by atoms with E-state index < -0.39 is 0 Å². The molecule has 1 aromatic heterocycles. The number of hydrogen-bond acceptors (Lipinski definition) is 7. The standard InChI is InChI=1S/C20H31N5O2/c1-2-3-8-22-19-14-18(23-20(21)24-19)13-16-4-6-17(7-5-16)15-25(9-11-26)10-12-27/h4-7,14,26-27H,2-3,8-13,15H2,1H3,(H3,21,22,23,24). The van der Waals surface area contributed by atoms with E-state index in [9.17, 15) is 0 Å². The molecular formula is C20H31N5O2. The zero-order chi connectivity index (χ0) is 19.5. The Morgan fingerprint density at radius 3 is 2.33 bits per heavy atom. The Balaban J connectivity index is 1.99. The first-order valence-electron chi connectivity index (χ1n) is 9.53. The maximum absolute atomic E-state index is 9.11. The fourth-order valence-corrected chi connectivity index (χ4v) is 2.87. The van der Waals surface area contributed by atoms with Gasteiger partial charge in [0.05, 0.1) is 18.9 Å². The average molecular weight is 374 g/mol. The molecule has 0 amide bonds. The molecular weight excluding hydrogens is 342 g/mol. The molecule has 0 aliphatic carbocycles. The van der Waals surface area contributed by atoms with Crippen LogP contribution < -0.4 is 11.1 Å². The van der Waals surface area contributed by atoms with Gasteiger partial charge in [-0.2, -0.15) is 4.98 Å². The van der Waals surface area contributed by atoms with Crippen molar-refractivity contribution < 1.29 is 10.2 Å². The molecule has 0 saturated carbocycles. The third-order valence-corrected chi connectivity index (χ3v) is 4.28. The third-order valence-electron chi connectivity index (χ3n) is 4.28. The smallest absolute Gasteiger partial charge is 0.222 e. The minimum Gasteiger partial charge on any atom is -0.395 e. The van der Waals surface area contributed by atoms with E-state index in [2.05, 4.69) is 46.5 Å². The van der Waals surface area contributed by atoms with E-state index in [1.54, 1.807) is 0 Å². The fourth-order valence-electron chi connectivity index (χ4n) is 2.87. The van der Waals surface area contributed by atoms with Crippen LogP contribution in [0.4, 0.5) is 11.8 Å². The summed E-state index contributed by atoms with van der Waals surface area (Å²) in [6.45, 7) is 5.00. The molecule has 27 heavy (non-hydrogen) atoms. The van der Waals surface area contributed by atoms with Crippen molar-refractivity contribution in [3.8, 4) is 0 Å². The van der Waals surface area contributed by atoms with Crippen molar-refractivity contribution in [3.63, 3.8) is 0 Å². The van der Waals surface area contributed by atoms with Crippen LogP contribution >= 0.6 is 0 Å². The van der Waals surface area contributed by atoms with E-state index in [1.165, 1.54) is 0 Å². The molecule has 1 aromatic carbocycles. The number of nitrogen functional groups attached to an aromatic ring is 1. The third kappa shape index (κ3) is 7.50. The predicted octanol–water partition coefficient (Wildman–Crippen LogP) is 1.65. The summed E-state index contributed by atoms with van der Waals surface area (Å²) >= 11 is 0. The molecule has 0 spiro atoms. The quantitative estimate of drug-likeness (QED) is 0.419. The number of hydrogen-bond donors (Lipinski definition) is 4. The molecule has 2 rings (SSSR count). The van der Waals surface area contributed by atoms with Crippen LogP contribution in [0.3, 0.4) is 0 Å². The molecule has 2 aromatic rings. The molecule has 0 fully saturated rings. The number of aliphatic hydroxyl groups excluding tert-OH is 2. The first-order valence-corrected chi connectivity index (χ1v) is 9.53. The van der Waals surface area contributed by atoms with Gasteiger partial charge in [0, 0.05) is 38.7 Å². The number of benzene rings is 1. The van der Waals surface area contributed by atoms with Gasteiger partial charge in [0.1, 0.15) is 5.82 Å². The Hall–Kier alpha value is -2.22. The van der Waals surface area contributed by atoms with Gasteiger partial charge in [0.2, 0.25) is 5.95 Å². The lowest BCUT2D eigenvalue weighted by molar-refractivity contribution is 0.156. The topological polar surface area (TPSA) is 108 Å². The van der Waals surface area contributed by atoms with Crippen LogP contribution in [0, 0.1) is 0 Å². The number of rotatable bonds is 12. The summed E-state index contributed by atoms with van der Waals surface area (Å²) in [4.78, 5) is 10.6. The summed E-state index contributed by atoms with van der Waals surface area (Å²) in [7, 11) is 0. The van der Waals surface area contributed by atoms with Gasteiger partial charge in [-0.1, -0.05) is 37.6 Å². The average Bonchev–Trinajstić information content (AvgIpc) is 2.64. The van der Waals surface area contributed by atoms with Crippen LogP contribution in [0.25, 0.3) is 0 Å². The van der Waals surface area contributed by atoms with E-state index in [0.717, 1.165) is 42.0 Å². The van der Waals surface area contributed by atoms with Gasteiger partial charge >= 0.3 is 0 Å². The summed E-state index contributed by atoms with van der Waals surface area (Å²) in [5, 5.41) is 21.5. The second-order valence-electron chi connectivity index (χ2n) is 6.60. The van der Waals surface area contributed by atoms with Gasteiger partial charge < -0.3 is 21.3 Å². The monoisotopic (exact) mass is 373 g/mol. The Morgan fingerprint density at radius 1 is 1.04 bits per heavy atom. The second kappa shape index (κ2) is 11.5. The SMILES string of the molecule is CCCCNc1cc(Cc2ccc(CN(CCO)CCO)cc2)nc(N)n1. The first kappa shape index (κ1) is 21.1. The Labute approximate surface area is 161 Å². The van der Waals surface area contributed by atoms with Crippen molar-refractivity contribution in [2.75, 3.05) is 43.9 Å². The van der Waals surface area contributed by atoms with Crippen LogP contribution in [0.2, 0.25) is 0 Å². The molecule has 0 aliphatic heterocycles. The first-order chi connectivity index (χ1) is 13.1. The number of nitrogens with two attached hydrogens (primary N) is 1. The van der Waals surface area contributed by atoms with Gasteiger partial charge in [0.25, 0.3) is 0 Å². The Kier molecular flexibility index (Phi) is 8.97. The number of nitrogens with zero attached hydrogens (tertiary/aromatic N) is 3. The van der Waals surface area contributed by atoms with E-state index in [0.29, 0.717) is 26.1 Å². The molecule has 0 unspecified atom stereocenters. The lowest BCUT2D eigenvalue weighted by atomic mass is 10.1. The van der Waals surface area contributed by atoms with Gasteiger partial charge in [-0.25, -0.2) is 4.98 Å². The van der Waals surface area contributed by atoms with Gasteiger partial charge in [-0.05, 0) is 17.5 Å². The molecule has 148 valence electrons. The highest BCUT2D eigenvalue weighted by Gasteiger charge is 2.07. The molecule has 7 heteroatoms. The van der Waals surface area contributed by atoms with E-state index in [1.807, 2.05) is 11.0 Å². The van der Waals surface area contributed by atoms with E-state index in [4.69, 9.17) is 15.9 Å². The Bertz CT molecular complexity index is 673. The lowest BCUT2D eigenvalue weighted by Crippen LogP contribution is -2.29. The van der Waals surface area contributed by atoms with Crippen LogP contribution in [0.1, 0.15) is 36.6 Å². The van der Waals surface area contributed by atoms with Crippen molar-refractivity contribution in [1.82, 2.24) is 14.9 Å². The maximum atomic E-state index is 9.11. The number of unbranched alkanes of at least 4 members (excludes halogenated alkanes) is 1. The summed E-state index contributed by atoms with van der Waals surface area (Å²) in [5.41, 5.74) is 9.02. The molecule has 7 nitrogen and oxygen atoms in total. The number of anilines is 2. The normalized spacial score (nSPS) is 11.1. The second-order valence-corrected chi connectivity index (χ2v) is 6.60. The molecule has 0 atom stereocenters. The van der Waals surface area contributed by atoms with Crippen molar-refractivity contribution in [3.05, 3.63) is 47.2 Å². The van der Waals surface area contributed by atoms with Gasteiger partial charge in [0.15, 0.2) is 0 Å². The number of aliphatic hydroxyl groups is 2. The van der Waals surface area contributed by atoms with Crippen molar-refractivity contribution in [1.29, 1.82) is 0 Å². The molecule has 0 bridgehead atoms. The largest absolute Gasteiger partial charge is 0.395 e. The van der Waals surface area contributed by atoms with Crippen molar-refractivity contribution >= 4 is 11.8 Å². The number of nitrogens with one attached hydrogen (secondary N) is 1. The molecule has 0 aliphatic rings. The number of aromatic nitrogens is 2. The zero-order valence-corrected chi connectivity index (χ0v) is 16.1. The van der Waals surface area contributed by atoms with Gasteiger partial charge in [-0.3, -0.25) is 4.90 Å². The van der Waals surface area contributed by atoms with Crippen LogP contribution in [-0.2, 0) is 13.0 Å². The highest BCUT2D eigenvalue weighted by molar-refractivity contribution is 5.41. The minimum atomic E-state index is 0.0852. The Morgan fingerprint density at radius 2 is 1.70 bits per heavy atom.